The zero-order valence-electron chi connectivity index (χ0n) is 15.3. The minimum Gasteiger partial charge on any atom is -0.493 e. The average Bonchev–Trinajstić information content (AvgIpc) is 2.52. The SMILES string of the molecule is COc1cc(CN(C)C(=O)[C@@H](N)CC(C)C)c(SC)cc1OC.Cl. The second-order valence-corrected chi connectivity index (χ2v) is 6.80. The van der Waals surface area contributed by atoms with Gasteiger partial charge < -0.3 is 20.1 Å². The lowest BCUT2D eigenvalue weighted by Gasteiger charge is -2.24. The molecule has 0 aliphatic rings. The molecule has 1 atom stereocenters. The van der Waals surface area contributed by atoms with E-state index < -0.39 is 6.04 Å². The van der Waals surface area contributed by atoms with Gasteiger partial charge in [-0.2, -0.15) is 0 Å². The van der Waals surface area contributed by atoms with Crippen molar-refractivity contribution >= 4 is 30.1 Å². The zero-order valence-corrected chi connectivity index (χ0v) is 16.9. The number of ether oxygens (including phenoxy) is 2. The number of hydrogen-bond acceptors (Lipinski definition) is 5. The largest absolute Gasteiger partial charge is 0.493 e. The fourth-order valence-corrected chi connectivity index (χ4v) is 3.05. The molecule has 0 spiro atoms. The van der Waals surface area contributed by atoms with Crippen molar-refractivity contribution in [1.82, 2.24) is 4.90 Å². The second kappa shape index (κ2) is 10.7. The van der Waals surface area contributed by atoms with E-state index in [1.807, 2.05) is 18.4 Å². The summed E-state index contributed by atoms with van der Waals surface area (Å²) in [5, 5.41) is 0. The number of amides is 1. The number of carbonyl (C=O) groups excluding carboxylic acids is 1. The summed E-state index contributed by atoms with van der Waals surface area (Å²) in [4.78, 5) is 15.1. The summed E-state index contributed by atoms with van der Waals surface area (Å²) in [6.07, 6.45) is 2.68. The van der Waals surface area contributed by atoms with Crippen molar-refractivity contribution in [2.45, 2.75) is 37.8 Å². The zero-order chi connectivity index (χ0) is 17.6. The van der Waals surface area contributed by atoms with Gasteiger partial charge in [-0.15, -0.1) is 24.2 Å². The van der Waals surface area contributed by atoms with Crippen LogP contribution < -0.4 is 15.2 Å². The third kappa shape index (κ3) is 6.07. The maximum absolute atomic E-state index is 12.4. The Morgan fingerprint density at radius 1 is 1.25 bits per heavy atom. The Bertz CT molecular complexity index is 541. The first-order valence-electron chi connectivity index (χ1n) is 7.63. The van der Waals surface area contributed by atoms with Crippen LogP contribution in [0.3, 0.4) is 0 Å². The van der Waals surface area contributed by atoms with Crippen LogP contribution >= 0.6 is 24.2 Å². The molecule has 0 aliphatic heterocycles. The molecule has 2 N–H and O–H groups in total. The van der Waals surface area contributed by atoms with Crippen LogP contribution in [-0.2, 0) is 11.3 Å². The summed E-state index contributed by atoms with van der Waals surface area (Å²) < 4.78 is 10.7. The van der Waals surface area contributed by atoms with Crippen molar-refractivity contribution in [1.29, 1.82) is 0 Å². The Kier molecular flexibility index (Phi) is 10.2. The van der Waals surface area contributed by atoms with Crippen molar-refractivity contribution in [3.8, 4) is 11.5 Å². The highest BCUT2D eigenvalue weighted by Crippen LogP contribution is 2.35. The molecule has 0 radical (unpaired) electrons. The second-order valence-electron chi connectivity index (χ2n) is 5.95. The van der Waals surface area contributed by atoms with Gasteiger partial charge in [0.15, 0.2) is 11.5 Å². The van der Waals surface area contributed by atoms with Crippen LogP contribution in [0, 0.1) is 5.92 Å². The van der Waals surface area contributed by atoms with E-state index in [0.717, 1.165) is 10.5 Å². The van der Waals surface area contributed by atoms with Gasteiger partial charge in [-0.05, 0) is 36.3 Å². The van der Waals surface area contributed by atoms with Gasteiger partial charge in [0, 0.05) is 18.5 Å². The molecule has 0 bridgehead atoms. The lowest BCUT2D eigenvalue weighted by molar-refractivity contribution is -0.132. The van der Waals surface area contributed by atoms with Crippen molar-refractivity contribution in [3.05, 3.63) is 17.7 Å². The summed E-state index contributed by atoms with van der Waals surface area (Å²) in [5.41, 5.74) is 7.02. The number of likely N-dealkylation sites (N-methyl/N-ethyl adjacent to an activating group) is 1. The first kappa shape index (κ1) is 22.9. The molecule has 138 valence electrons. The molecule has 0 heterocycles. The Balaban J connectivity index is 0.00000529. The Morgan fingerprint density at radius 3 is 2.25 bits per heavy atom. The fourth-order valence-electron chi connectivity index (χ4n) is 2.44. The van der Waals surface area contributed by atoms with E-state index in [-0.39, 0.29) is 18.3 Å². The Morgan fingerprint density at radius 2 is 1.79 bits per heavy atom. The minimum atomic E-state index is -0.460. The molecule has 0 aliphatic carbocycles. The molecule has 5 nitrogen and oxygen atoms in total. The average molecular weight is 377 g/mol. The van der Waals surface area contributed by atoms with Gasteiger partial charge in [-0.1, -0.05) is 13.8 Å². The molecule has 0 fully saturated rings. The maximum atomic E-state index is 12.4. The van der Waals surface area contributed by atoms with Crippen molar-refractivity contribution in [2.24, 2.45) is 11.7 Å². The number of halogens is 1. The molecule has 24 heavy (non-hydrogen) atoms. The molecule has 0 saturated heterocycles. The van der Waals surface area contributed by atoms with E-state index in [1.54, 1.807) is 37.9 Å². The van der Waals surface area contributed by atoms with Crippen LogP contribution in [0.4, 0.5) is 0 Å². The summed E-state index contributed by atoms with van der Waals surface area (Å²) in [7, 11) is 5.00. The van der Waals surface area contributed by atoms with Gasteiger partial charge in [0.1, 0.15) is 0 Å². The van der Waals surface area contributed by atoms with Crippen LogP contribution in [0.2, 0.25) is 0 Å². The number of thioether (sulfide) groups is 1. The summed E-state index contributed by atoms with van der Waals surface area (Å²) >= 11 is 1.61. The monoisotopic (exact) mass is 376 g/mol. The number of carbonyl (C=O) groups is 1. The van der Waals surface area contributed by atoms with Crippen LogP contribution in [-0.4, -0.2) is 44.4 Å². The molecule has 0 aromatic heterocycles. The molecule has 1 aromatic rings. The Hall–Kier alpha value is -1.11. The van der Waals surface area contributed by atoms with E-state index >= 15 is 0 Å². The van der Waals surface area contributed by atoms with Gasteiger partial charge in [-0.3, -0.25) is 4.79 Å². The summed E-state index contributed by atoms with van der Waals surface area (Å²) in [6, 6.07) is 3.39. The van der Waals surface area contributed by atoms with Crippen LogP contribution in [0.25, 0.3) is 0 Å². The smallest absolute Gasteiger partial charge is 0.239 e. The standard InChI is InChI=1S/C17H28N2O3S.ClH/c1-11(2)7-13(18)17(20)19(3)10-12-8-14(21-4)15(22-5)9-16(12)23-6;/h8-9,11,13H,7,10,18H2,1-6H3;1H/t13-;/m0./s1. The van der Waals surface area contributed by atoms with Crippen LogP contribution in [0.1, 0.15) is 25.8 Å². The highest BCUT2D eigenvalue weighted by molar-refractivity contribution is 7.98. The van der Waals surface area contributed by atoms with Crippen LogP contribution in [0.15, 0.2) is 17.0 Å². The predicted molar refractivity (Wildman–Crippen MR) is 102 cm³/mol. The Labute approximate surface area is 155 Å². The van der Waals surface area contributed by atoms with Gasteiger partial charge in [0.25, 0.3) is 0 Å². The summed E-state index contributed by atoms with van der Waals surface area (Å²) in [5.74, 6) is 1.70. The van der Waals surface area contributed by atoms with Gasteiger partial charge in [0.2, 0.25) is 5.91 Å². The van der Waals surface area contributed by atoms with Crippen molar-refractivity contribution in [2.75, 3.05) is 27.5 Å². The predicted octanol–water partition coefficient (Wildman–Crippen LogP) is 3.18. The highest BCUT2D eigenvalue weighted by Gasteiger charge is 2.21. The lowest BCUT2D eigenvalue weighted by atomic mass is 10.0. The molecule has 1 amide bonds. The van der Waals surface area contributed by atoms with E-state index in [1.165, 1.54) is 0 Å². The number of methoxy groups -OCH3 is 2. The first-order valence-corrected chi connectivity index (χ1v) is 8.85. The molecular formula is C17H29ClN2O3S. The highest BCUT2D eigenvalue weighted by atomic mass is 35.5. The number of hydrogen-bond donors (Lipinski definition) is 1. The van der Waals surface area contributed by atoms with E-state index in [4.69, 9.17) is 15.2 Å². The first-order chi connectivity index (χ1) is 10.8. The van der Waals surface area contributed by atoms with E-state index in [2.05, 4.69) is 13.8 Å². The normalized spacial score (nSPS) is 11.7. The van der Waals surface area contributed by atoms with Crippen molar-refractivity contribution < 1.29 is 14.3 Å². The number of nitrogens with two attached hydrogens (primary N) is 1. The molecule has 0 unspecified atom stereocenters. The molecule has 1 rings (SSSR count). The van der Waals surface area contributed by atoms with Crippen molar-refractivity contribution in [3.63, 3.8) is 0 Å². The van der Waals surface area contributed by atoms with Gasteiger partial charge in [-0.25, -0.2) is 0 Å². The molecular weight excluding hydrogens is 348 g/mol. The maximum Gasteiger partial charge on any atom is 0.239 e. The van der Waals surface area contributed by atoms with E-state index in [9.17, 15) is 4.79 Å². The minimum absolute atomic E-state index is 0. The third-order valence-electron chi connectivity index (χ3n) is 3.61. The molecule has 7 heteroatoms. The topological polar surface area (TPSA) is 64.8 Å². The number of benzene rings is 1. The quantitative estimate of drug-likeness (QED) is 0.706. The van der Waals surface area contributed by atoms with E-state index in [0.29, 0.717) is 30.4 Å². The molecule has 1 aromatic carbocycles. The van der Waals surface area contributed by atoms with Gasteiger partial charge in [0.05, 0.1) is 20.3 Å². The number of rotatable bonds is 8. The number of nitrogens with zero attached hydrogens (tertiary/aromatic N) is 1. The van der Waals surface area contributed by atoms with Gasteiger partial charge >= 0.3 is 0 Å². The fraction of sp³-hybridized carbons (Fsp3) is 0.588. The van der Waals surface area contributed by atoms with Crippen LogP contribution in [0.5, 0.6) is 11.5 Å². The lowest BCUT2D eigenvalue weighted by Crippen LogP contribution is -2.42. The molecule has 0 saturated carbocycles. The third-order valence-corrected chi connectivity index (χ3v) is 4.43. The summed E-state index contributed by atoms with van der Waals surface area (Å²) in [6.45, 7) is 4.61.